The van der Waals surface area contributed by atoms with E-state index >= 15 is 0 Å². The quantitative estimate of drug-likeness (QED) is 0.566. The average Bonchev–Trinajstić information content (AvgIpc) is 3.23. The summed E-state index contributed by atoms with van der Waals surface area (Å²) in [5.74, 6) is -0.565. The minimum atomic E-state index is -4.52. The maximum atomic E-state index is 12.8. The van der Waals surface area contributed by atoms with E-state index in [1.54, 1.807) is 18.2 Å². The van der Waals surface area contributed by atoms with Crippen LogP contribution in [0, 0.1) is 11.3 Å². The Hall–Kier alpha value is -4.20. The maximum absolute atomic E-state index is 12.8. The summed E-state index contributed by atoms with van der Waals surface area (Å²) in [6.45, 7) is 0. The Morgan fingerprint density at radius 2 is 1.97 bits per heavy atom. The summed E-state index contributed by atoms with van der Waals surface area (Å²) in [6.07, 6.45) is -3.23. The van der Waals surface area contributed by atoms with E-state index in [-0.39, 0.29) is 22.6 Å². The predicted molar refractivity (Wildman–Crippen MR) is 97.2 cm³/mol. The van der Waals surface area contributed by atoms with Gasteiger partial charge in [-0.3, -0.25) is 4.79 Å². The number of amides is 1. The zero-order chi connectivity index (χ0) is 20.9. The second kappa shape index (κ2) is 8.22. The monoisotopic (exact) mass is 399 g/mol. The molecule has 0 aliphatic heterocycles. The number of hydrogen-bond donors (Lipinski definition) is 3. The van der Waals surface area contributed by atoms with Gasteiger partial charge in [0.25, 0.3) is 5.91 Å². The van der Waals surface area contributed by atoms with Crippen molar-refractivity contribution in [3.8, 4) is 6.07 Å². The van der Waals surface area contributed by atoms with Crippen molar-refractivity contribution >= 4 is 22.9 Å². The third kappa shape index (κ3) is 4.75. The number of hydrogen-bond acceptors (Lipinski definition) is 6. The van der Waals surface area contributed by atoms with Crippen molar-refractivity contribution in [2.45, 2.75) is 6.18 Å². The molecule has 2 aromatic carbocycles. The van der Waals surface area contributed by atoms with E-state index < -0.39 is 17.6 Å². The molecular formula is C18H12F3N7O. The fraction of sp³-hybridized carbons (Fsp3) is 0.0556. The molecule has 0 aliphatic carbocycles. The molecule has 0 saturated heterocycles. The van der Waals surface area contributed by atoms with Crippen LogP contribution in [0.5, 0.6) is 0 Å². The molecule has 3 aromatic rings. The Morgan fingerprint density at radius 3 is 2.66 bits per heavy atom. The fourth-order valence-corrected chi connectivity index (χ4v) is 2.35. The summed E-state index contributed by atoms with van der Waals surface area (Å²) in [6, 6.07) is 12.5. The summed E-state index contributed by atoms with van der Waals surface area (Å²) in [5, 5.41) is 27.4. The molecule has 3 rings (SSSR count). The summed E-state index contributed by atoms with van der Waals surface area (Å²) < 4.78 is 38.5. The molecule has 146 valence electrons. The molecule has 1 amide bonds. The van der Waals surface area contributed by atoms with E-state index in [9.17, 15) is 23.2 Å². The van der Waals surface area contributed by atoms with Gasteiger partial charge in [-0.25, -0.2) is 0 Å². The lowest BCUT2D eigenvalue weighted by Gasteiger charge is -2.12. The first-order valence-corrected chi connectivity index (χ1v) is 8.07. The van der Waals surface area contributed by atoms with E-state index in [1.165, 1.54) is 24.4 Å². The van der Waals surface area contributed by atoms with Gasteiger partial charge in [0.05, 0.1) is 16.8 Å². The lowest BCUT2D eigenvalue weighted by molar-refractivity contribution is -0.137. The van der Waals surface area contributed by atoms with Crippen LogP contribution in [-0.2, 0) is 6.18 Å². The number of aromatic amines is 1. The first kappa shape index (κ1) is 19.6. The minimum absolute atomic E-state index is 0.000295. The van der Waals surface area contributed by atoms with Gasteiger partial charge in [0.15, 0.2) is 0 Å². The van der Waals surface area contributed by atoms with Gasteiger partial charge in [0.2, 0.25) is 5.82 Å². The highest BCUT2D eigenvalue weighted by Gasteiger charge is 2.30. The largest absolute Gasteiger partial charge is 0.416 e. The topological polar surface area (TPSA) is 119 Å². The molecule has 3 N–H and O–H groups in total. The molecule has 0 saturated carbocycles. The van der Waals surface area contributed by atoms with Crippen molar-refractivity contribution in [3.63, 3.8) is 0 Å². The summed E-state index contributed by atoms with van der Waals surface area (Å²) >= 11 is 0. The number of tetrazole rings is 1. The molecule has 29 heavy (non-hydrogen) atoms. The standard InChI is InChI=1S/C18H12F3N7O/c19-18(20,21)12-4-3-5-13(8-12)24-17(29)14-6-1-2-7-15(14)23-10-11(9-22)16-25-27-28-26-16/h1-8,10,23H,(H,24,29)(H,25,26,27,28). The van der Waals surface area contributed by atoms with Crippen LogP contribution in [0.25, 0.3) is 5.57 Å². The number of alkyl halides is 3. The van der Waals surface area contributed by atoms with E-state index in [0.29, 0.717) is 5.69 Å². The van der Waals surface area contributed by atoms with Crippen LogP contribution in [0.2, 0.25) is 0 Å². The Labute approximate surface area is 162 Å². The minimum Gasteiger partial charge on any atom is -0.360 e. The number of benzene rings is 2. The number of H-pyrrole nitrogens is 1. The molecule has 0 aliphatic rings. The number of nitrogens with one attached hydrogen (secondary N) is 3. The van der Waals surface area contributed by atoms with Crippen LogP contribution >= 0.6 is 0 Å². The number of rotatable bonds is 5. The Bertz CT molecular complexity index is 1090. The van der Waals surface area contributed by atoms with Crippen molar-refractivity contribution in [2.75, 3.05) is 10.6 Å². The van der Waals surface area contributed by atoms with Gasteiger partial charge in [-0.05, 0) is 35.5 Å². The maximum Gasteiger partial charge on any atom is 0.416 e. The first-order chi connectivity index (χ1) is 13.9. The molecule has 1 heterocycles. The highest BCUT2D eigenvalue weighted by molar-refractivity contribution is 6.08. The average molecular weight is 399 g/mol. The van der Waals surface area contributed by atoms with Crippen LogP contribution in [0.1, 0.15) is 21.7 Å². The second-order valence-electron chi connectivity index (χ2n) is 5.63. The number of nitriles is 1. The van der Waals surface area contributed by atoms with Crippen molar-refractivity contribution in [2.24, 2.45) is 0 Å². The number of para-hydroxylation sites is 1. The van der Waals surface area contributed by atoms with E-state index in [2.05, 4.69) is 31.3 Å². The Kier molecular flexibility index (Phi) is 5.54. The second-order valence-corrected chi connectivity index (χ2v) is 5.63. The van der Waals surface area contributed by atoms with Crippen molar-refractivity contribution < 1.29 is 18.0 Å². The normalized spacial score (nSPS) is 11.6. The van der Waals surface area contributed by atoms with Crippen LogP contribution in [0.15, 0.2) is 54.7 Å². The fourth-order valence-electron chi connectivity index (χ4n) is 2.35. The summed E-state index contributed by atoms with van der Waals surface area (Å²) in [7, 11) is 0. The Morgan fingerprint density at radius 1 is 1.17 bits per heavy atom. The SMILES string of the molecule is N#CC(=CNc1ccccc1C(=O)Nc1cccc(C(F)(F)F)c1)c1nn[nH]n1. The van der Waals surface area contributed by atoms with Crippen molar-refractivity contribution in [3.05, 3.63) is 71.7 Å². The van der Waals surface area contributed by atoms with Gasteiger partial charge in [-0.15, -0.1) is 10.2 Å². The number of carbonyl (C=O) groups excluding carboxylic acids is 1. The summed E-state index contributed by atoms with van der Waals surface area (Å²) in [4.78, 5) is 12.6. The molecule has 8 nitrogen and oxygen atoms in total. The molecule has 1 aromatic heterocycles. The van der Waals surface area contributed by atoms with Crippen LogP contribution in [0.4, 0.5) is 24.5 Å². The molecule has 0 fully saturated rings. The molecule has 0 radical (unpaired) electrons. The molecule has 0 bridgehead atoms. The van der Waals surface area contributed by atoms with Gasteiger partial charge in [0.1, 0.15) is 11.6 Å². The van der Waals surface area contributed by atoms with Gasteiger partial charge in [-0.1, -0.05) is 18.2 Å². The number of allylic oxidation sites excluding steroid dienone is 1. The molecular weight excluding hydrogens is 387 g/mol. The lowest BCUT2D eigenvalue weighted by atomic mass is 10.1. The summed E-state index contributed by atoms with van der Waals surface area (Å²) in [5.41, 5.74) is -0.324. The predicted octanol–water partition coefficient (Wildman–Crippen LogP) is 3.45. The number of anilines is 2. The highest BCUT2D eigenvalue weighted by atomic mass is 19.4. The van der Waals surface area contributed by atoms with Crippen LogP contribution in [0.3, 0.4) is 0 Å². The third-order valence-electron chi connectivity index (χ3n) is 3.70. The number of carbonyl (C=O) groups is 1. The first-order valence-electron chi connectivity index (χ1n) is 8.07. The van der Waals surface area contributed by atoms with Gasteiger partial charge in [-0.2, -0.15) is 23.6 Å². The molecule has 0 spiro atoms. The Balaban J connectivity index is 1.82. The van der Waals surface area contributed by atoms with Crippen molar-refractivity contribution in [1.29, 1.82) is 5.26 Å². The van der Waals surface area contributed by atoms with E-state index in [4.69, 9.17) is 0 Å². The third-order valence-corrected chi connectivity index (χ3v) is 3.70. The van der Waals surface area contributed by atoms with Crippen LogP contribution in [-0.4, -0.2) is 26.5 Å². The lowest BCUT2D eigenvalue weighted by Crippen LogP contribution is -2.14. The number of halogens is 3. The van der Waals surface area contributed by atoms with Gasteiger partial charge in [0, 0.05) is 11.9 Å². The zero-order valence-corrected chi connectivity index (χ0v) is 14.5. The van der Waals surface area contributed by atoms with E-state index in [1.807, 2.05) is 6.07 Å². The van der Waals surface area contributed by atoms with Gasteiger partial charge >= 0.3 is 6.18 Å². The van der Waals surface area contributed by atoms with Gasteiger partial charge < -0.3 is 10.6 Å². The number of aromatic nitrogens is 4. The highest BCUT2D eigenvalue weighted by Crippen LogP contribution is 2.31. The molecule has 11 heteroatoms. The molecule has 0 atom stereocenters. The van der Waals surface area contributed by atoms with Crippen molar-refractivity contribution in [1.82, 2.24) is 20.6 Å². The zero-order valence-electron chi connectivity index (χ0n) is 14.5. The number of nitrogens with zero attached hydrogens (tertiary/aromatic N) is 4. The molecule has 0 unspecified atom stereocenters. The smallest absolute Gasteiger partial charge is 0.360 e. The van der Waals surface area contributed by atoms with Crippen LogP contribution < -0.4 is 10.6 Å². The van der Waals surface area contributed by atoms with E-state index in [0.717, 1.165) is 12.1 Å².